The van der Waals surface area contributed by atoms with Gasteiger partial charge in [0.15, 0.2) is 16.4 Å². The van der Waals surface area contributed by atoms with Gasteiger partial charge in [0, 0.05) is 0 Å². The first-order valence-electron chi connectivity index (χ1n) is 6.67. The van der Waals surface area contributed by atoms with E-state index in [1.54, 1.807) is 0 Å². The lowest BCUT2D eigenvalue weighted by Gasteiger charge is -2.16. The predicted molar refractivity (Wildman–Crippen MR) is 83.7 cm³/mol. The monoisotopic (exact) mass is 373 g/mol. The summed E-state index contributed by atoms with van der Waals surface area (Å²) in [6.45, 7) is 0. The van der Waals surface area contributed by atoms with E-state index in [9.17, 15) is 22.0 Å². The van der Waals surface area contributed by atoms with Crippen LogP contribution >= 0.6 is 0 Å². The molecule has 0 bridgehead atoms. The van der Waals surface area contributed by atoms with Crippen molar-refractivity contribution in [2.75, 3.05) is 18.9 Å². The Balaban J connectivity index is 2.62. The molecular formula is C15H13F2NO6S. The Morgan fingerprint density at radius 3 is 2.20 bits per heavy atom. The second-order valence-electron chi connectivity index (χ2n) is 4.72. The maximum absolute atomic E-state index is 13.8. The first kappa shape index (κ1) is 18.5. The Bertz CT molecular complexity index is 910. The largest absolute Gasteiger partial charge is 0.493 e. The van der Waals surface area contributed by atoms with Crippen LogP contribution in [0.25, 0.3) is 0 Å². The Kier molecular flexibility index (Phi) is 5.12. The molecule has 10 heteroatoms. The number of hydrogen-bond acceptors (Lipinski definition) is 5. The number of carbonyl (C=O) groups is 1. The maximum Gasteiger partial charge on any atom is 0.335 e. The van der Waals surface area contributed by atoms with Crippen LogP contribution in [-0.2, 0) is 10.0 Å². The van der Waals surface area contributed by atoms with E-state index in [1.807, 2.05) is 4.72 Å². The molecule has 7 nitrogen and oxygen atoms in total. The van der Waals surface area contributed by atoms with Crippen molar-refractivity contribution in [1.29, 1.82) is 0 Å². The van der Waals surface area contributed by atoms with Crippen molar-refractivity contribution in [2.45, 2.75) is 4.90 Å². The van der Waals surface area contributed by atoms with Crippen LogP contribution in [0.4, 0.5) is 14.5 Å². The zero-order valence-corrected chi connectivity index (χ0v) is 13.9. The summed E-state index contributed by atoms with van der Waals surface area (Å²) >= 11 is 0. The van der Waals surface area contributed by atoms with Crippen LogP contribution in [0.1, 0.15) is 10.4 Å². The van der Waals surface area contributed by atoms with Crippen LogP contribution < -0.4 is 14.2 Å². The molecule has 0 unspecified atom stereocenters. The molecule has 0 atom stereocenters. The standard InChI is InChI=1S/C15H13F2NO6S/c1-23-12-7-8(15(19)20)6-11(13(12)24-2)18-25(21,22)14-9(16)4-3-5-10(14)17/h3-7,18H,1-2H3,(H,19,20). The zero-order chi connectivity index (χ0) is 18.8. The first-order valence-corrected chi connectivity index (χ1v) is 8.15. The third-order valence-corrected chi connectivity index (χ3v) is 4.57. The van der Waals surface area contributed by atoms with Crippen molar-refractivity contribution in [3.05, 3.63) is 47.5 Å². The molecule has 2 N–H and O–H groups in total. The van der Waals surface area contributed by atoms with Gasteiger partial charge in [-0.3, -0.25) is 4.72 Å². The minimum absolute atomic E-state index is 0.0749. The molecule has 0 fully saturated rings. The average Bonchev–Trinajstić information content (AvgIpc) is 2.53. The van der Waals surface area contributed by atoms with E-state index in [0.29, 0.717) is 0 Å². The van der Waals surface area contributed by atoms with Crippen molar-refractivity contribution in [1.82, 2.24) is 0 Å². The summed E-state index contributed by atoms with van der Waals surface area (Å²) in [5.41, 5.74) is -0.661. The minimum Gasteiger partial charge on any atom is -0.493 e. The number of carboxylic acid groups (broad SMARTS) is 1. The Morgan fingerprint density at radius 1 is 1.12 bits per heavy atom. The molecule has 0 aliphatic heterocycles. The van der Waals surface area contributed by atoms with E-state index < -0.39 is 32.5 Å². The second-order valence-corrected chi connectivity index (χ2v) is 6.34. The van der Waals surface area contributed by atoms with Crippen LogP contribution in [-0.4, -0.2) is 33.7 Å². The first-order chi connectivity index (χ1) is 11.7. The van der Waals surface area contributed by atoms with E-state index >= 15 is 0 Å². The number of rotatable bonds is 6. The van der Waals surface area contributed by atoms with Crippen LogP contribution in [0.15, 0.2) is 35.2 Å². The molecule has 2 aromatic carbocycles. The Hall–Kier alpha value is -2.88. The molecule has 0 spiro atoms. The number of hydrogen-bond donors (Lipinski definition) is 2. The van der Waals surface area contributed by atoms with Crippen LogP contribution in [0.2, 0.25) is 0 Å². The molecule has 0 aromatic heterocycles. The fourth-order valence-electron chi connectivity index (χ4n) is 2.10. The van der Waals surface area contributed by atoms with Gasteiger partial charge in [-0.25, -0.2) is 22.0 Å². The summed E-state index contributed by atoms with van der Waals surface area (Å²) in [5.74, 6) is -4.18. The molecule has 0 aliphatic rings. The highest BCUT2D eigenvalue weighted by Gasteiger charge is 2.26. The van der Waals surface area contributed by atoms with Gasteiger partial charge < -0.3 is 14.6 Å². The molecule has 0 heterocycles. The molecule has 0 aliphatic carbocycles. The molecule has 0 amide bonds. The SMILES string of the molecule is COc1cc(C(=O)O)cc(NS(=O)(=O)c2c(F)cccc2F)c1OC. The summed E-state index contributed by atoms with van der Waals surface area (Å²) in [6.07, 6.45) is 0. The molecule has 2 aromatic rings. The van der Waals surface area contributed by atoms with Crippen molar-refractivity contribution in [2.24, 2.45) is 0 Å². The van der Waals surface area contributed by atoms with Crippen LogP contribution in [0.5, 0.6) is 11.5 Å². The van der Waals surface area contributed by atoms with Gasteiger partial charge in [0.05, 0.1) is 25.5 Å². The van der Waals surface area contributed by atoms with Crippen molar-refractivity contribution >= 4 is 21.7 Å². The van der Waals surface area contributed by atoms with E-state index in [-0.39, 0.29) is 22.7 Å². The van der Waals surface area contributed by atoms with Crippen molar-refractivity contribution < 1.29 is 36.6 Å². The van der Waals surface area contributed by atoms with Crippen molar-refractivity contribution in [3.8, 4) is 11.5 Å². The number of ether oxygens (including phenoxy) is 2. The third kappa shape index (κ3) is 3.63. The maximum atomic E-state index is 13.8. The normalized spacial score (nSPS) is 11.0. The van der Waals surface area contributed by atoms with Crippen LogP contribution in [0, 0.1) is 11.6 Å². The number of benzene rings is 2. The molecule has 0 saturated carbocycles. The minimum atomic E-state index is -4.70. The summed E-state index contributed by atoms with van der Waals surface area (Å²) in [7, 11) is -2.29. The molecule has 0 radical (unpaired) electrons. The summed E-state index contributed by atoms with van der Waals surface area (Å²) in [5, 5.41) is 9.10. The van der Waals surface area contributed by atoms with E-state index in [4.69, 9.17) is 14.6 Å². The van der Waals surface area contributed by atoms with Gasteiger partial charge in [-0.15, -0.1) is 0 Å². The van der Waals surface area contributed by atoms with Crippen molar-refractivity contribution in [3.63, 3.8) is 0 Å². The van der Waals surface area contributed by atoms with Gasteiger partial charge in [0.2, 0.25) is 0 Å². The molecule has 134 valence electrons. The number of halogens is 2. The highest BCUT2D eigenvalue weighted by Crippen LogP contribution is 2.38. The number of nitrogens with one attached hydrogen (secondary N) is 1. The number of anilines is 1. The fourth-order valence-corrected chi connectivity index (χ4v) is 3.29. The fraction of sp³-hybridized carbons (Fsp3) is 0.133. The number of aromatic carboxylic acids is 1. The Labute approximate surface area is 141 Å². The zero-order valence-electron chi connectivity index (χ0n) is 13.0. The highest BCUT2D eigenvalue weighted by molar-refractivity contribution is 7.92. The van der Waals surface area contributed by atoms with E-state index in [1.165, 1.54) is 14.2 Å². The molecule has 2 rings (SSSR count). The summed E-state index contributed by atoms with van der Waals surface area (Å²) in [4.78, 5) is 9.97. The number of methoxy groups -OCH3 is 2. The summed E-state index contributed by atoms with van der Waals surface area (Å²) in [6, 6.07) is 4.63. The van der Waals surface area contributed by atoms with Crippen LogP contribution in [0.3, 0.4) is 0 Å². The van der Waals surface area contributed by atoms with Gasteiger partial charge in [0.25, 0.3) is 10.0 Å². The molecule has 0 saturated heterocycles. The van der Waals surface area contributed by atoms with E-state index in [2.05, 4.69) is 0 Å². The number of sulfonamides is 1. The van der Waals surface area contributed by atoms with E-state index in [0.717, 1.165) is 30.3 Å². The number of carboxylic acids is 1. The smallest absolute Gasteiger partial charge is 0.335 e. The van der Waals surface area contributed by atoms with Gasteiger partial charge in [-0.05, 0) is 24.3 Å². The van der Waals surface area contributed by atoms with Gasteiger partial charge in [-0.2, -0.15) is 0 Å². The van der Waals surface area contributed by atoms with Gasteiger partial charge in [-0.1, -0.05) is 6.07 Å². The highest BCUT2D eigenvalue weighted by atomic mass is 32.2. The van der Waals surface area contributed by atoms with Gasteiger partial charge >= 0.3 is 5.97 Å². The quantitative estimate of drug-likeness (QED) is 0.807. The third-order valence-electron chi connectivity index (χ3n) is 3.16. The van der Waals surface area contributed by atoms with Gasteiger partial charge in [0.1, 0.15) is 11.6 Å². The molecular weight excluding hydrogens is 360 g/mol. The predicted octanol–water partition coefficient (Wildman–Crippen LogP) is 2.48. The topological polar surface area (TPSA) is 102 Å². The lowest BCUT2D eigenvalue weighted by atomic mass is 10.1. The summed E-state index contributed by atoms with van der Waals surface area (Å²) < 4.78 is 64.2. The Morgan fingerprint density at radius 2 is 1.72 bits per heavy atom. The average molecular weight is 373 g/mol. The lowest BCUT2D eigenvalue weighted by Crippen LogP contribution is -2.17. The molecule has 25 heavy (non-hydrogen) atoms. The second kappa shape index (κ2) is 6.93. The lowest BCUT2D eigenvalue weighted by molar-refractivity contribution is 0.0696.